The molecule has 0 N–H and O–H groups in total. The summed E-state index contributed by atoms with van der Waals surface area (Å²) >= 11 is -2.44. The van der Waals surface area contributed by atoms with Gasteiger partial charge in [-0.15, -0.1) is 0 Å². The van der Waals surface area contributed by atoms with Crippen molar-refractivity contribution in [1.29, 1.82) is 0 Å². The zero-order chi connectivity index (χ0) is 18.0. The molecule has 25 heavy (non-hydrogen) atoms. The van der Waals surface area contributed by atoms with E-state index in [4.69, 9.17) is 9.72 Å². The fraction of sp³-hybridized carbons (Fsp3) is 0.800. The maximum absolute atomic E-state index is 5.49. The number of hydrogen-bond donors (Lipinski definition) is 0. The van der Waals surface area contributed by atoms with Crippen LogP contribution in [0.2, 0.25) is 13.3 Å². The summed E-state index contributed by atoms with van der Waals surface area (Å²) in [6, 6.07) is 2.28. The number of morpholine rings is 1. The summed E-state index contributed by atoms with van der Waals surface area (Å²) in [6.45, 7) is 10.4. The SMILES string of the molecule is CCC[CH2][Sn]([CH2]CCC)([CH2]CCC)[c]1ccnc(N2CCOCC2)n1. The van der Waals surface area contributed by atoms with E-state index in [0.717, 1.165) is 32.3 Å². The maximum atomic E-state index is 5.49. The first-order valence-electron chi connectivity index (χ1n) is 10.4. The van der Waals surface area contributed by atoms with Crippen LogP contribution in [0.3, 0.4) is 0 Å². The third kappa shape index (κ3) is 6.09. The molecule has 0 spiro atoms. The summed E-state index contributed by atoms with van der Waals surface area (Å²) in [4.78, 5) is 12.1. The molecular formula is C20H37N3OSn. The number of ether oxygens (including phenoxy) is 1. The van der Waals surface area contributed by atoms with E-state index in [9.17, 15) is 0 Å². The normalized spacial score (nSPS) is 15.6. The summed E-state index contributed by atoms with van der Waals surface area (Å²) < 4.78 is 11.4. The van der Waals surface area contributed by atoms with Crippen molar-refractivity contribution in [2.75, 3.05) is 31.2 Å². The van der Waals surface area contributed by atoms with Crippen molar-refractivity contribution in [3.63, 3.8) is 0 Å². The van der Waals surface area contributed by atoms with Crippen LogP contribution < -0.4 is 8.61 Å². The third-order valence-corrected chi connectivity index (χ3v) is 20.6. The van der Waals surface area contributed by atoms with Gasteiger partial charge in [0.15, 0.2) is 0 Å². The second-order valence-electron chi connectivity index (χ2n) is 7.43. The second-order valence-corrected chi connectivity index (χ2v) is 20.5. The summed E-state index contributed by atoms with van der Waals surface area (Å²) in [7, 11) is 0. The topological polar surface area (TPSA) is 38.2 Å². The van der Waals surface area contributed by atoms with E-state index in [-0.39, 0.29) is 0 Å². The Bertz CT molecular complexity index is 470. The molecule has 0 atom stereocenters. The molecule has 0 aliphatic carbocycles. The molecule has 2 heterocycles. The molecule has 1 fully saturated rings. The van der Waals surface area contributed by atoms with Crippen LogP contribution in [-0.4, -0.2) is 54.6 Å². The summed E-state index contributed by atoms with van der Waals surface area (Å²) in [6.07, 6.45) is 10.1. The molecule has 2 rings (SSSR count). The average molecular weight is 454 g/mol. The monoisotopic (exact) mass is 455 g/mol. The van der Waals surface area contributed by atoms with Crippen molar-refractivity contribution in [3.8, 4) is 0 Å². The predicted octanol–water partition coefficient (Wildman–Crippen LogP) is 4.37. The minimum absolute atomic E-state index is 0.795. The van der Waals surface area contributed by atoms with Gasteiger partial charge < -0.3 is 0 Å². The Morgan fingerprint density at radius 2 is 1.52 bits per heavy atom. The quantitative estimate of drug-likeness (QED) is 0.466. The van der Waals surface area contributed by atoms with Crippen LogP contribution >= 0.6 is 0 Å². The van der Waals surface area contributed by atoms with Gasteiger partial charge in [0.2, 0.25) is 0 Å². The number of aromatic nitrogens is 2. The molecule has 0 aromatic carbocycles. The zero-order valence-corrected chi connectivity index (χ0v) is 19.5. The second kappa shape index (κ2) is 11.4. The molecule has 5 heteroatoms. The molecule has 1 aromatic rings. The number of nitrogens with zero attached hydrogens (tertiary/aromatic N) is 3. The molecule has 142 valence electrons. The van der Waals surface area contributed by atoms with E-state index >= 15 is 0 Å². The van der Waals surface area contributed by atoms with Gasteiger partial charge in [-0.1, -0.05) is 0 Å². The van der Waals surface area contributed by atoms with Gasteiger partial charge in [0.25, 0.3) is 0 Å². The van der Waals surface area contributed by atoms with Gasteiger partial charge in [0.05, 0.1) is 0 Å². The van der Waals surface area contributed by atoms with Gasteiger partial charge in [-0.05, 0) is 0 Å². The van der Waals surface area contributed by atoms with Crippen molar-refractivity contribution in [1.82, 2.24) is 9.97 Å². The van der Waals surface area contributed by atoms with Crippen LogP contribution in [0.4, 0.5) is 5.95 Å². The summed E-state index contributed by atoms with van der Waals surface area (Å²) in [5.74, 6) is 0.950. The molecule has 0 amide bonds. The van der Waals surface area contributed by atoms with Crippen LogP contribution in [0.25, 0.3) is 0 Å². The van der Waals surface area contributed by atoms with E-state index in [1.165, 1.54) is 55.5 Å². The Balaban J connectivity index is 2.29. The Kier molecular flexibility index (Phi) is 9.53. The fourth-order valence-electron chi connectivity index (χ4n) is 3.86. The van der Waals surface area contributed by atoms with Crippen molar-refractivity contribution in [2.45, 2.75) is 72.6 Å². The van der Waals surface area contributed by atoms with Crippen LogP contribution in [0.1, 0.15) is 59.3 Å². The van der Waals surface area contributed by atoms with Gasteiger partial charge in [-0.3, -0.25) is 0 Å². The molecule has 0 unspecified atom stereocenters. The average Bonchev–Trinajstić information content (AvgIpc) is 2.68. The molecule has 1 saturated heterocycles. The first kappa shape index (κ1) is 20.9. The van der Waals surface area contributed by atoms with Gasteiger partial charge in [0, 0.05) is 0 Å². The number of unbranched alkanes of at least 4 members (excludes halogenated alkanes) is 3. The van der Waals surface area contributed by atoms with Gasteiger partial charge >= 0.3 is 159 Å². The fourth-order valence-corrected chi connectivity index (χ4v) is 19.2. The van der Waals surface area contributed by atoms with E-state index in [0.29, 0.717) is 0 Å². The van der Waals surface area contributed by atoms with E-state index < -0.39 is 18.4 Å². The van der Waals surface area contributed by atoms with Gasteiger partial charge in [-0.25, -0.2) is 0 Å². The Hall–Kier alpha value is -0.361. The van der Waals surface area contributed by atoms with Crippen molar-refractivity contribution < 1.29 is 4.74 Å². The first-order valence-corrected chi connectivity index (χ1v) is 17.9. The molecule has 1 aromatic heterocycles. The van der Waals surface area contributed by atoms with E-state index in [1.807, 2.05) is 6.20 Å². The minimum atomic E-state index is -2.44. The van der Waals surface area contributed by atoms with Crippen LogP contribution in [-0.2, 0) is 4.74 Å². The van der Waals surface area contributed by atoms with Gasteiger partial charge in [-0.2, -0.15) is 0 Å². The molecule has 0 saturated carbocycles. The summed E-state index contributed by atoms with van der Waals surface area (Å²) in [5.41, 5.74) is 0. The Morgan fingerprint density at radius 3 is 2.04 bits per heavy atom. The molecular weight excluding hydrogens is 417 g/mol. The van der Waals surface area contributed by atoms with Crippen LogP contribution in [0, 0.1) is 0 Å². The predicted molar refractivity (Wildman–Crippen MR) is 110 cm³/mol. The van der Waals surface area contributed by atoms with E-state index in [1.54, 1.807) is 0 Å². The molecule has 1 aliphatic rings. The molecule has 4 nitrogen and oxygen atoms in total. The van der Waals surface area contributed by atoms with Gasteiger partial charge in [0.1, 0.15) is 0 Å². The van der Waals surface area contributed by atoms with Crippen molar-refractivity contribution in [2.24, 2.45) is 0 Å². The van der Waals surface area contributed by atoms with Crippen molar-refractivity contribution in [3.05, 3.63) is 12.3 Å². The van der Waals surface area contributed by atoms with Crippen LogP contribution in [0.5, 0.6) is 0 Å². The van der Waals surface area contributed by atoms with E-state index in [2.05, 4.69) is 36.7 Å². The molecule has 1 aliphatic heterocycles. The summed E-state index contributed by atoms with van der Waals surface area (Å²) in [5, 5.41) is 0. The first-order chi connectivity index (χ1) is 12.3. The molecule has 0 bridgehead atoms. The van der Waals surface area contributed by atoms with Crippen molar-refractivity contribution >= 4 is 28.0 Å². The number of anilines is 1. The number of hydrogen-bond acceptors (Lipinski definition) is 4. The zero-order valence-electron chi connectivity index (χ0n) is 16.6. The standard InChI is InChI=1S/C8H10N3O.3C4H9.Sn/c1-2-9-8(10-3-1)11-4-6-12-7-5-11;3*1-3-4-2;/h1-2H,4-7H2;3*1,3-4H2,2H3;. The molecule has 0 radical (unpaired) electrons. The van der Waals surface area contributed by atoms with Crippen LogP contribution in [0.15, 0.2) is 12.3 Å². The Labute approximate surface area is 158 Å². The Morgan fingerprint density at radius 1 is 0.960 bits per heavy atom. The number of rotatable bonds is 11. The third-order valence-electron chi connectivity index (χ3n) is 5.51.